The first-order chi connectivity index (χ1) is 9.06. The Morgan fingerprint density at radius 3 is 2.25 bits per heavy atom. The van der Waals surface area contributed by atoms with Gasteiger partial charge in [-0.3, -0.25) is 4.79 Å². The van der Waals surface area contributed by atoms with Crippen LogP contribution in [0.25, 0.3) is 0 Å². The van der Waals surface area contributed by atoms with Gasteiger partial charge >= 0.3 is 5.97 Å². The summed E-state index contributed by atoms with van der Waals surface area (Å²) in [6.45, 7) is 4.75. The SMILES string of the molecule is CC(NS(=O)(=O)c1cc(C(=O)O)n(C(C)C)c1)C(N)=O. The molecule has 1 unspecified atom stereocenters. The molecule has 1 amide bonds. The zero-order valence-corrected chi connectivity index (χ0v) is 12.1. The van der Waals surface area contributed by atoms with Crippen LogP contribution in [0, 0.1) is 0 Å². The van der Waals surface area contributed by atoms with Crippen LogP contribution in [0.15, 0.2) is 17.2 Å². The van der Waals surface area contributed by atoms with E-state index in [-0.39, 0.29) is 16.6 Å². The Morgan fingerprint density at radius 2 is 1.90 bits per heavy atom. The molecule has 0 aromatic carbocycles. The number of sulfonamides is 1. The number of carboxylic acids is 1. The van der Waals surface area contributed by atoms with Gasteiger partial charge in [0.25, 0.3) is 0 Å². The number of hydrogen-bond donors (Lipinski definition) is 3. The Bertz CT molecular complexity index is 632. The lowest BCUT2D eigenvalue weighted by Gasteiger charge is -2.10. The summed E-state index contributed by atoms with van der Waals surface area (Å²) in [6.07, 6.45) is 1.21. The molecular formula is C11H17N3O5S. The highest BCUT2D eigenvalue weighted by Crippen LogP contribution is 2.19. The lowest BCUT2D eigenvalue weighted by Crippen LogP contribution is -2.41. The van der Waals surface area contributed by atoms with Gasteiger partial charge in [0.1, 0.15) is 10.6 Å². The van der Waals surface area contributed by atoms with E-state index in [9.17, 15) is 18.0 Å². The van der Waals surface area contributed by atoms with Crippen molar-refractivity contribution in [1.29, 1.82) is 0 Å². The van der Waals surface area contributed by atoms with E-state index in [0.717, 1.165) is 6.07 Å². The van der Waals surface area contributed by atoms with Crippen molar-refractivity contribution >= 4 is 21.9 Å². The maximum Gasteiger partial charge on any atom is 0.352 e. The first-order valence-corrected chi connectivity index (χ1v) is 7.31. The lowest BCUT2D eigenvalue weighted by atomic mass is 10.3. The Labute approximate surface area is 116 Å². The van der Waals surface area contributed by atoms with Gasteiger partial charge in [0.05, 0.1) is 6.04 Å². The number of aromatic carboxylic acids is 1. The number of nitrogens with zero attached hydrogens (tertiary/aromatic N) is 1. The number of amides is 1. The molecule has 1 aromatic rings. The maximum absolute atomic E-state index is 12.0. The van der Waals surface area contributed by atoms with Crippen LogP contribution in [-0.4, -0.2) is 36.0 Å². The topological polar surface area (TPSA) is 131 Å². The number of primary amides is 1. The maximum atomic E-state index is 12.0. The molecule has 0 aliphatic heterocycles. The molecule has 1 heterocycles. The molecule has 0 saturated carbocycles. The van der Waals surface area contributed by atoms with Crippen LogP contribution in [-0.2, 0) is 14.8 Å². The first-order valence-electron chi connectivity index (χ1n) is 5.83. The quantitative estimate of drug-likeness (QED) is 0.676. The standard InChI is InChI=1S/C11H17N3O5S/c1-6(2)14-5-8(4-9(14)11(16)17)20(18,19)13-7(3)10(12)15/h4-7,13H,1-3H3,(H2,12,15)(H,16,17). The molecule has 0 radical (unpaired) electrons. The molecule has 1 rings (SSSR count). The molecule has 0 aliphatic carbocycles. The largest absolute Gasteiger partial charge is 0.477 e. The Balaban J connectivity index is 3.23. The summed E-state index contributed by atoms with van der Waals surface area (Å²) in [5.41, 5.74) is 4.84. The van der Waals surface area contributed by atoms with Crippen LogP contribution in [0.4, 0.5) is 0 Å². The zero-order chi connectivity index (χ0) is 15.7. The van der Waals surface area contributed by atoms with Gasteiger partial charge in [-0.2, -0.15) is 4.72 Å². The summed E-state index contributed by atoms with van der Waals surface area (Å²) in [5, 5.41) is 9.05. The molecule has 4 N–H and O–H groups in total. The molecule has 0 bridgehead atoms. The van der Waals surface area contributed by atoms with Crippen LogP contribution >= 0.6 is 0 Å². The third-order valence-corrected chi connectivity index (χ3v) is 4.18. The van der Waals surface area contributed by atoms with E-state index in [4.69, 9.17) is 10.8 Å². The van der Waals surface area contributed by atoms with Crippen molar-refractivity contribution in [2.45, 2.75) is 37.8 Å². The van der Waals surface area contributed by atoms with Crippen molar-refractivity contribution in [2.24, 2.45) is 5.73 Å². The smallest absolute Gasteiger partial charge is 0.352 e. The normalized spacial score (nSPS) is 13.4. The van der Waals surface area contributed by atoms with Gasteiger partial charge in [-0.25, -0.2) is 13.2 Å². The number of carbonyl (C=O) groups is 2. The Kier molecular flexibility index (Phi) is 4.56. The van der Waals surface area contributed by atoms with Gasteiger partial charge < -0.3 is 15.4 Å². The molecular weight excluding hydrogens is 286 g/mol. The van der Waals surface area contributed by atoms with Crippen LogP contribution in [0.5, 0.6) is 0 Å². The van der Waals surface area contributed by atoms with E-state index in [1.165, 1.54) is 17.7 Å². The average Bonchev–Trinajstić information content (AvgIpc) is 2.73. The van der Waals surface area contributed by atoms with Crippen LogP contribution < -0.4 is 10.5 Å². The second-order valence-electron chi connectivity index (χ2n) is 4.61. The summed E-state index contributed by atoms with van der Waals surface area (Å²) in [4.78, 5) is 21.8. The van der Waals surface area contributed by atoms with Crippen molar-refractivity contribution in [3.8, 4) is 0 Å². The minimum Gasteiger partial charge on any atom is -0.477 e. The number of hydrogen-bond acceptors (Lipinski definition) is 4. The highest BCUT2D eigenvalue weighted by atomic mass is 32.2. The van der Waals surface area contributed by atoms with E-state index in [2.05, 4.69) is 4.72 Å². The fraction of sp³-hybridized carbons (Fsp3) is 0.455. The van der Waals surface area contributed by atoms with Crippen molar-refractivity contribution in [1.82, 2.24) is 9.29 Å². The predicted octanol–water partition coefficient (Wildman–Crippen LogP) is -0.0807. The molecule has 0 fully saturated rings. The molecule has 9 heteroatoms. The minimum absolute atomic E-state index is 0.146. The van der Waals surface area contributed by atoms with E-state index in [1.807, 2.05) is 0 Å². The summed E-state index contributed by atoms with van der Waals surface area (Å²) in [7, 11) is -4.01. The Hall–Kier alpha value is -1.87. The second kappa shape index (κ2) is 5.63. The number of carboxylic acid groups (broad SMARTS) is 1. The summed E-state index contributed by atoms with van der Waals surface area (Å²) < 4.78 is 27.5. The van der Waals surface area contributed by atoms with Gasteiger partial charge in [-0.05, 0) is 26.8 Å². The second-order valence-corrected chi connectivity index (χ2v) is 6.33. The number of nitrogens with two attached hydrogens (primary N) is 1. The monoisotopic (exact) mass is 303 g/mol. The fourth-order valence-corrected chi connectivity index (χ4v) is 2.80. The molecule has 20 heavy (non-hydrogen) atoms. The molecule has 1 aromatic heterocycles. The summed E-state index contributed by atoms with van der Waals surface area (Å²) in [6, 6.07) is -0.271. The zero-order valence-electron chi connectivity index (χ0n) is 11.3. The van der Waals surface area contributed by atoms with E-state index < -0.39 is 27.9 Å². The molecule has 0 spiro atoms. The van der Waals surface area contributed by atoms with Crippen molar-refractivity contribution in [2.75, 3.05) is 0 Å². The highest BCUT2D eigenvalue weighted by molar-refractivity contribution is 7.89. The Morgan fingerprint density at radius 1 is 1.35 bits per heavy atom. The van der Waals surface area contributed by atoms with Gasteiger partial charge in [0, 0.05) is 12.2 Å². The number of aromatic nitrogens is 1. The lowest BCUT2D eigenvalue weighted by molar-refractivity contribution is -0.119. The summed E-state index contributed by atoms with van der Waals surface area (Å²) in [5.74, 6) is -2.06. The van der Waals surface area contributed by atoms with Crippen LogP contribution in [0.1, 0.15) is 37.3 Å². The van der Waals surface area contributed by atoms with Crippen molar-refractivity contribution < 1.29 is 23.1 Å². The molecule has 1 atom stereocenters. The molecule has 0 aliphatic rings. The van der Waals surface area contributed by atoms with Crippen LogP contribution in [0.2, 0.25) is 0 Å². The van der Waals surface area contributed by atoms with Gasteiger partial charge in [-0.15, -0.1) is 0 Å². The third kappa shape index (κ3) is 3.36. The van der Waals surface area contributed by atoms with Crippen molar-refractivity contribution in [3.05, 3.63) is 18.0 Å². The first kappa shape index (κ1) is 16.2. The highest BCUT2D eigenvalue weighted by Gasteiger charge is 2.25. The van der Waals surface area contributed by atoms with Crippen molar-refractivity contribution in [3.63, 3.8) is 0 Å². The number of nitrogens with one attached hydrogen (secondary N) is 1. The molecule has 0 saturated heterocycles. The van der Waals surface area contributed by atoms with Gasteiger partial charge in [-0.1, -0.05) is 0 Å². The molecule has 8 nitrogen and oxygen atoms in total. The van der Waals surface area contributed by atoms with E-state index in [1.54, 1.807) is 13.8 Å². The van der Waals surface area contributed by atoms with E-state index in [0.29, 0.717) is 0 Å². The van der Waals surface area contributed by atoms with Gasteiger partial charge in [0.2, 0.25) is 15.9 Å². The third-order valence-electron chi connectivity index (χ3n) is 2.67. The predicted molar refractivity (Wildman–Crippen MR) is 70.8 cm³/mol. The summed E-state index contributed by atoms with van der Waals surface area (Å²) >= 11 is 0. The number of rotatable bonds is 6. The number of carbonyl (C=O) groups excluding carboxylic acids is 1. The van der Waals surface area contributed by atoms with Crippen LogP contribution in [0.3, 0.4) is 0 Å². The minimum atomic E-state index is -4.01. The average molecular weight is 303 g/mol. The van der Waals surface area contributed by atoms with Gasteiger partial charge in [0.15, 0.2) is 0 Å². The fourth-order valence-electron chi connectivity index (χ4n) is 1.56. The van der Waals surface area contributed by atoms with E-state index >= 15 is 0 Å². The molecule has 112 valence electrons.